The Hall–Kier alpha value is -3.92. The van der Waals surface area contributed by atoms with Crippen LogP contribution < -0.4 is 14.4 Å². The van der Waals surface area contributed by atoms with Gasteiger partial charge in [0, 0.05) is 50.3 Å². The third-order valence-electron chi connectivity index (χ3n) is 12.4. The summed E-state index contributed by atoms with van der Waals surface area (Å²) < 4.78 is 65.7. The Bertz CT molecular complexity index is 2090. The average Bonchev–Trinajstić information content (AvgIpc) is 3.69. The number of alkyl halides is 1. The summed E-state index contributed by atoms with van der Waals surface area (Å²) >= 11 is 0. The average molecular weight is 774 g/mol. The number of piperidine rings is 1. The molecule has 2 aromatic carbocycles. The Labute approximate surface area is 324 Å². The molecular weight excluding hydrogens is 720 g/mol. The van der Waals surface area contributed by atoms with Crippen LogP contribution in [0.25, 0.3) is 32.9 Å². The second-order valence-electron chi connectivity index (χ2n) is 16.6. The van der Waals surface area contributed by atoms with E-state index in [1.54, 1.807) is 24.4 Å². The first-order chi connectivity index (χ1) is 26.4. The maximum absolute atomic E-state index is 17.5. The lowest BCUT2D eigenvalue weighted by Gasteiger charge is -2.38. The number of benzene rings is 2. The molecule has 4 aromatic rings. The van der Waals surface area contributed by atoms with Gasteiger partial charge in [0.05, 0.1) is 16.5 Å². The molecule has 5 heterocycles. The molecule has 3 aliphatic rings. The summed E-state index contributed by atoms with van der Waals surface area (Å²) in [5.74, 6) is 3.14. The van der Waals surface area contributed by atoms with Crippen LogP contribution in [0.4, 0.5) is 19.0 Å². The highest BCUT2D eigenvalue weighted by Crippen LogP contribution is 2.44. The van der Waals surface area contributed by atoms with E-state index in [1.165, 1.54) is 13.2 Å². The predicted octanol–water partition coefficient (Wildman–Crippen LogP) is 9.62. The first-order valence-electron chi connectivity index (χ1n) is 19.9. The maximum atomic E-state index is 17.5. The number of rotatable bonds is 11. The molecule has 0 spiro atoms. The number of aromatic nitrogens is 3. The van der Waals surface area contributed by atoms with Gasteiger partial charge in [0.1, 0.15) is 49.4 Å². The highest BCUT2D eigenvalue weighted by Gasteiger charge is 2.49. The van der Waals surface area contributed by atoms with Crippen molar-refractivity contribution < 1.29 is 27.4 Å². The fraction of sp³-hybridized carbons (Fsp3) is 0.558. The molecule has 0 radical (unpaired) electrons. The molecule has 3 fully saturated rings. The van der Waals surface area contributed by atoms with E-state index >= 15 is 8.78 Å². The van der Waals surface area contributed by atoms with Gasteiger partial charge in [0.25, 0.3) is 0 Å². The van der Waals surface area contributed by atoms with Gasteiger partial charge in [-0.15, -0.1) is 5.54 Å². The van der Waals surface area contributed by atoms with E-state index in [2.05, 4.69) is 62.8 Å². The minimum Gasteiger partial charge on any atom is -0.468 e. The lowest BCUT2D eigenvalue weighted by molar-refractivity contribution is 0.0512. The van der Waals surface area contributed by atoms with Gasteiger partial charge in [-0.2, -0.15) is 9.97 Å². The largest absolute Gasteiger partial charge is 0.468 e. The standard InChI is InChI=1S/C43H54F3N5O3Si/c1-27(2)55(28(3)4,29(5)6)19-14-33-36(45)13-12-30-20-32(54-26-52-7)21-34(37(30)33)39-38(46)40-35(23-47-39)41(50-16-9-8-10-17-50)49-42(48-40)53-25-43-15-11-18-51(43)24-31(44)22-43/h12-13,20-21,23,27-29,31H,8-11,15-18,22,24-26H2,1-7H3/t31-,43+/m1/s1. The fourth-order valence-corrected chi connectivity index (χ4v) is 15.0. The minimum absolute atomic E-state index is 0.0139. The summed E-state index contributed by atoms with van der Waals surface area (Å²) in [4.78, 5) is 18.6. The molecule has 0 amide bonds. The lowest BCUT2D eigenvalue weighted by Crippen LogP contribution is -2.43. The van der Waals surface area contributed by atoms with Crippen molar-refractivity contribution in [3.63, 3.8) is 0 Å². The van der Waals surface area contributed by atoms with Crippen LogP contribution in [-0.2, 0) is 4.74 Å². The topological polar surface area (TPSA) is 72.8 Å². The van der Waals surface area contributed by atoms with Crippen molar-refractivity contribution in [1.82, 2.24) is 19.9 Å². The van der Waals surface area contributed by atoms with Crippen molar-refractivity contribution in [2.75, 3.05) is 51.6 Å². The van der Waals surface area contributed by atoms with Gasteiger partial charge in [-0.1, -0.05) is 53.5 Å². The smallest absolute Gasteiger partial charge is 0.319 e. The first kappa shape index (κ1) is 39.3. The molecule has 0 aliphatic carbocycles. The molecule has 2 aromatic heterocycles. The summed E-state index contributed by atoms with van der Waals surface area (Å²) in [6.07, 6.45) is 5.97. The number of hydrogen-bond donors (Lipinski definition) is 0. The number of ether oxygens (including phenoxy) is 3. The molecule has 0 unspecified atom stereocenters. The van der Waals surface area contributed by atoms with E-state index in [0.29, 0.717) is 62.9 Å². The molecule has 3 saturated heterocycles. The van der Waals surface area contributed by atoms with Gasteiger partial charge >= 0.3 is 6.01 Å². The number of pyridine rings is 1. The molecular formula is C43H54F3N5O3Si. The van der Waals surface area contributed by atoms with Crippen LogP contribution in [0.2, 0.25) is 16.6 Å². The summed E-state index contributed by atoms with van der Waals surface area (Å²) in [7, 11) is -0.747. The molecule has 7 rings (SSSR count). The zero-order valence-corrected chi connectivity index (χ0v) is 34.3. The van der Waals surface area contributed by atoms with Crippen LogP contribution in [-0.4, -0.2) is 86.3 Å². The summed E-state index contributed by atoms with van der Waals surface area (Å²) in [5, 5.41) is 1.54. The van der Waals surface area contributed by atoms with Crippen LogP contribution in [0, 0.1) is 23.1 Å². The van der Waals surface area contributed by atoms with Crippen LogP contribution >= 0.6 is 0 Å². The molecule has 0 saturated carbocycles. The molecule has 12 heteroatoms. The predicted molar refractivity (Wildman–Crippen MR) is 215 cm³/mol. The van der Waals surface area contributed by atoms with Gasteiger partial charge in [-0.3, -0.25) is 9.88 Å². The third kappa shape index (κ3) is 7.28. The number of hydrogen-bond acceptors (Lipinski definition) is 8. The number of anilines is 1. The zero-order chi connectivity index (χ0) is 39.1. The number of fused-ring (bicyclic) bond motifs is 3. The van der Waals surface area contributed by atoms with Gasteiger partial charge in [0.2, 0.25) is 0 Å². The summed E-state index contributed by atoms with van der Waals surface area (Å²) in [5.41, 5.74) is 4.83. The molecule has 0 bridgehead atoms. The SMILES string of the molecule is COCOc1cc(-c2ncc3c(N4CCCCC4)nc(OC[C@@]45CCCN4C[C@H](F)C5)nc3c2F)c2c(C#C[Si](C(C)C)(C(C)C)C(C)C)c(F)ccc2c1. The van der Waals surface area contributed by atoms with E-state index in [0.717, 1.165) is 51.7 Å². The van der Waals surface area contributed by atoms with Crippen molar-refractivity contribution in [2.24, 2.45) is 0 Å². The van der Waals surface area contributed by atoms with E-state index in [1.807, 2.05) is 0 Å². The van der Waals surface area contributed by atoms with Gasteiger partial charge in [0.15, 0.2) is 12.6 Å². The Morgan fingerprint density at radius 2 is 1.69 bits per heavy atom. The lowest BCUT2D eigenvalue weighted by atomic mass is 9.95. The molecule has 8 nitrogen and oxygen atoms in total. The maximum Gasteiger partial charge on any atom is 0.319 e. The van der Waals surface area contributed by atoms with Gasteiger partial charge < -0.3 is 19.1 Å². The van der Waals surface area contributed by atoms with Crippen molar-refractivity contribution in [3.05, 3.63) is 47.7 Å². The third-order valence-corrected chi connectivity index (χ3v) is 18.7. The number of methoxy groups -OCH3 is 1. The minimum atomic E-state index is -2.27. The molecule has 0 N–H and O–H groups in total. The van der Waals surface area contributed by atoms with E-state index in [9.17, 15) is 4.39 Å². The van der Waals surface area contributed by atoms with Crippen LogP contribution in [0.15, 0.2) is 30.5 Å². The Kier molecular flexibility index (Phi) is 11.4. The van der Waals surface area contributed by atoms with Crippen LogP contribution in [0.3, 0.4) is 0 Å². The Balaban J connectivity index is 1.42. The molecule has 294 valence electrons. The Morgan fingerprint density at radius 1 is 0.945 bits per heavy atom. The first-order valence-corrected chi connectivity index (χ1v) is 22.2. The van der Waals surface area contributed by atoms with Crippen molar-refractivity contribution in [3.8, 4) is 34.5 Å². The van der Waals surface area contributed by atoms with E-state index in [4.69, 9.17) is 29.2 Å². The van der Waals surface area contributed by atoms with E-state index in [-0.39, 0.29) is 36.2 Å². The van der Waals surface area contributed by atoms with Gasteiger partial charge in [-0.05, 0) is 78.9 Å². The normalized spacial score (nSPS) is 20.5. The summed E-state index contributed by atoms with van der Waals surface area (Å²) in [6.45, 7) is 16.2. The summed E-state index contributed by atoms with van der Waals surface area (Å²) in [6, 6.07) is 6.58. The van der Waals surface area contributed by atoms with E-state index < -0.39 is 31.4 Å². The second kappa shape index (κ2) is 15.9. The number of nitrogens with zero attached hydrogens (tertiary/aromatic N) is 5. The zero-order valence-electron chi connectivity index (χ0n) is 33.3. The highest BCUT2D eigenvalue weighted by atomic mass is 28.3. The van der Waals surface area contributed by atoms with Crippen LogP contribution in [0.5, 0.6) is 11.8 Å². The second-order valence-corrected chi connectivity index (χ2v) is 22.2. The molecule has 55 heavy (non-hydrogen) atoms. The van der Waals surface area contributed by atoms with Crippen molar-refractivity contribution >= 4 is 35.6 Å². The fourth-order valence-electron chi connectivity index (χ4n) is 9.80. The van der Waals surface area contributed by atoms with Crippen molar-refractivity contribution in [2.45, 2.75) is 108 Å². The van der Waals surface area contributed by atoms with Crippen LogP contribution in [0.1, 0.15) is 85.6 Å². The van der Waals surface area contributed by atoms with Gasteiger partial charge in [-0.25, -0.2) is 13.2 Å². The molecule has 3 aliphatic heterocycles. The highest BCUT2D eigenvalue weighted by molar-refractivity contribution is 6.90. The Morgan fingerprint density at radius 3 is 2.40 bits per heavy atom. The molecule has 2 atom stereocenters. The number of halogens is 3. The quantitative estimate of drug-likeness (QED) is 0.0848. The monoisotopic (exact) mass is 773 g/mol. The van der Waals surface area contributed by atoms with Crippen molar-refractivity contribution in [1.29, 1.82) is 0 Å².